The molecule has 2 heteroatoms. The van der Waals surface area contributed by atoms with Gasteiger partial charge in [-0.05, 0) is 45.4 Å². The lowest BCUT2D eigenvalue weighted by atomic mass is 9.85. The standard InChI is InChI=1S/C15H29NO/c1-13(2,3)9-12-7-8-15(10-17-11-15)16(12)14(4,5)6/h12H,7-11H2,1-6H3. The Morgan fingerprint density at radius 2 is 1.71 bits per heavy atom. The number of hydrogen-bond acceptors (Lipinski definition) is 2. The lowest BCUT2D eigenvalue weighted by Gasteiger charge is -2.53. The number of hydrogen-bond donors (Lipinski definition) is 0. The Labute approximate surface area is 107 Å². The normalized spacial score (nSPS) is 29.6. The van der Waals surface area contributed by atoms with E-state index in [9.17, 15) is 0 Å². The lowest BCUT2D eigenvalue weighted by Crippen LogP contribution is -2.66. The fraction of sp³-hybridized carbons (Fsp3) is 1.00. The highest BCUT2D eigenvalue weighted by Gasteiger charge is 2.55. The first-order valence-corrected chi connectivity index (χ1v) is 7.01. The molecule has 0 radical (unpaired) electrons. The van der Waals surface area contributed by atoms with E-state index in [1.165, 1.54) is 19.3 Å². The summed E-state index contributed by atoms with van der Waals surface area (Å²) in [6.45, 7) is 16.0. The van der Waals surface area contributed by atoms with Gasteiger partial charge >= 0.3 is 0 Å². The highest BCUT2D eigenvalue weighted by atomic mass is 16.5. The maximum absolute atomic E-state index is 5.52. The van der Waals surface area contributed by atoms with Gasteiger partial charge in [-0.25, -0.2) is 0 Å². The summed E-state index contributed by atoms with van der Waals surface area (Å²) in [5.41, 5.74) is 1.05. The fourth-order valence-electron chi connectivity index (χ4n) is 3.85. The van der Waals surface area contributed by atoms with Gasteiger partial charge in [0.15, 0.2) is 0 Å². The van der Waals surface area contributed by atoms with Gasteiger partial charge < -0.3 is 4.74 Å². The predicted molar refractivity (Wildman–Crippen MR) is 72.2 cm³/mol. The first-order chi connectivity index (χ1) is 7.64. The number of nitrogens with zero attached hydrogens (tertiary/aromatic N) is 1. The summed E-state index contributed by atoms with van der Waals surface area (Å²) in [7, 11) is 0. The number of rotatable bonds is 1. The van der Waals surface area contributed by atoms with Crippen LogP contribution in [0.25, 0.3) is 0 Å². The molecule has 0 aromatic carbocycles. The Morgan fingerprint density at radius 1 is 1.12 bits per heavy atom. The Hall–Kier alpha value is -0.0800. The quantitative estimate of drug-likeness (QED) is 0.695. The van der Waals surface area contributed by atoms with Crippen molar-refractivity contribution in [2.24, 2.45) is 5.41 Å². The van der Waals surface area contributed by atoms with E-state index < -0.39 is 0 Å². The summed E-state index contributed by atoms with van der Waals surface area (Å²) < 4.78 is 5.52. The van der Waals surface area contributed by atoms with Crippen LogP contribution in [0.2, 0.25) is 0 Å². The molecule has 2 aliphatic rings. The van der Waals surface area contributed by atoms with Crippen molar-refractivity contribution in [1.29, 1.82) is 0 Å². The van der Waals surface area contributed by atoms with Crippen LogP contribution >= 0.6 is 0 Å². The van der Waals surface area contributed by atoms with Crippen LogP contribution in [0.15, 0.2) is 0 Å². The van der Waals surface area contributed by atoms with Crippen molar-refractivity contribution < 1.29 is 4.74 Å². The minimum Gasteiger partial charge on any atom is -0.377 e. The molecule has 2 saturated heterocycles. The molecular weight excluding hydrogens is 210 g/mol. The van der Waals surface area contributed by atoms with E-state index in [1.54, 1.807) is 0 Å². The predicted octanol–water partition coefficient (Wildman–Crippen LogP) is 3.45. The molecule has 2 heterocycles. The maximum Gasteiger partial charge on any atom is 0.0685 e. The first kappa shape index (κ1) is 13.4. The highest BCUT2D eigenvalue weighted by Crippen LogP contribution is 2.46. The van der Waals surface area contributed by atoms with Gasteiger partial charge in [-0.3, -0.25) is 4.90 Å². The van der Waals surface area contributed by atoms with Crippen LogP contribution in [0.5, 0.6) is 0 Å². The molecule has 0 aromatic heterocycles. The Bertz CT molecular complexity index is 280. The highest BCUT2D eigenvalue weighted by molar-refractivity contribution is 5.09. The molecule has 17 heavy (non-hydrogen) atoms. The fourth-order valence-corrected chi connectivity index (χ4v) is 3.85. The molecule has 100 valence electrons. The van der Waals surface area contributed by atoms with Crippen molar-refractivity contribution >= 4 is 0 Å². The second kappa shape index (κ2) is 3.96. The molecule has 0 aliphatic carbocycles. The van der Waals surface area contributed by atoms with Crippen LogP contribution in [0, 0.1) is 5.41 Å². The van der Waals surface area contributed by atoms with Crippen LogP contribution in [0.1, 0.15) is 60.8 Å². The molecule has 0 aromatic rings. The molecule has 0 bridgehead atoms. The van der Waals surface area contributed by atoms with Gasteiger partial charge in [-0.15, -0.1) is 0 Å². The van der Waals surface area contributed by atoms with E-state index in [-0.39, 0.29) is 5.54 Å². The zero-order valence-corrected chi connectivity index (χ0v) is 12.5. The van der Waals surface area contributed by atoms with Gasteiger partial charge in [0.2, 0.25) is 0 Å². The SMILES string of the molecule is CC(C)(C)CC1CCC2(COC2)N1C(C)(C)C. The van der Waals surface area contributed by atoms with Crippen molar-refractivity contribution in [2.75, 3.05) is 13.2 Å². The van der Waals surface area contributed by atoms with Gasteiger partial charge in [0.05, 0.1) is 18.8 Å². The zero-order chi connectivity index (χ0) is 12.9. The van der Waals surface area contributed by atoms with Gasteiger partial charge in [0, 0.05) is 11.6 Å². The smallest absolute Gasteiger partial charge is 0.0685 e. The zero-order valence-electron chi connectivity index (χ0n) is 12.5. The third kappa shape index (κ3) is 2.53. The molecule has 2 nitrogen and oxygen atoms in total. The van der Waals surface area contributed by atoms with E-state index >= 15 is 0 Å². The minimum absolute atomic E-state index is 0.260. The molecule has 2 fully saturated rings. The largest absolute Gasteiger partial charge is 0.377 e. The topological polar surface area (TPSA) is 12.5 Å². The van der Waals surface area contributed by atoms with Crippen LogP contribution in [-0.2, 0) is 4.74 Å². The van der Waals surface area contributed by atoms with Crippen LogP contribution in [0.3, 0.4) is 0 Å². The van der Waals surface area contributed by atoms with Crippen molar-refractivity contribution in [3.05, 3.63) is 0 Å². The maximum atomic E-state index is 5.52. The second-order valence-electron chi connectivity index (χ2n) is 8.22. The average Bonchev–Trinajstić information content (AvgIpc) is 2.38. The molecule has 1 atom stereocenters. The van der Waals surface area contributed by atoms with Gasteiger partial charge in [-0.2, -0.15) is 0 Å². The summed E-state index contributed by atoms with van der Waals surface area (Å²) in [4.78, 5) is 2.77. The van der Waals surface area contributed by atoms with Crippen molar-refractivity contribution in [3.8, 4) is 0 Å². The van der Waals surface area contributed by atoms with E-state index in [4.69, 9.17) is 4.74 Å². The van der Waals surface area contributed by atoms with E-state index in [0.717, 1.165) is 19.3 Å². The molecule has 1 spiro atoms. The molecule has 1 unspecified atom stereocenters. The number of likely N-dealkylation sites (tertiary alicyclic amines) is 1. The molecule has 2 rings (SSSR count). The van der Waals surface area contributed by atoms with Crippen molar-refractivity contribution in [1.82, 2.24) is 4.90 Å². The van der Waals surface area contributed by atoms with Crippen LogP contribution in [-0.4, -0.2) is 35.2 Å². The van der Waals surface area contributed by atoms with Crippen LogP contribution < -0.4 is 0 Å². The number of ether oxygens (including phenoxy) is 1. The van der Waals surface area contributed by atoms with Gasteiger partial charge in [-0.1, -0.05) is 20.8 Å². The summed E-state index contributed by atoms with van der Waals surface area (Å²) in [5, 5.41) is 0. The summed E-state index contributed by atoms with van der Waals surface area (Å²) in [6, 6.07) is 0.735. The van der Waals surface area contributed by atoms with Gasteiger partial charge in [0.1, 0.15) is 0 Å². The molecule has 0 N–H and O–H groups in total. The van der Waals surface area contributed by atoms with Crippen molar-refractivity contribution in [2.45, 2.75) is 77.9 Å². The Morgan fingerprint density at radius 3 is 2.06 bits per heavy atom. The minimum atomic E-state index is 0.260. The van der Waals surface area contributed by atoms with Crippen molar-refractivity contribution in [3.63, 3.8) is 0 Å². The Balaban J connectivity index is 2.17. The van der Waals surface area contributed by atoms with Gasteiger partial charge in [0.25, 0.3) is 0 Å². The van der Waals surface area contributed by atoms with E-state index in [0.29, 0.717) is 11.0 Å². The third-order valence-corrected chi connectivity index (χ3v) is 4.13. The second-order valence-corrected chi connectivity index (χ2v) is 8.22. The average molecular weight is 239 g/mol. The molecule has 0 saturated carbocycles. The summed E-state index contributed by atoms with van der Waals surface area (Å²) >= 11 is 0. The van der Waals surface area contributed by atoms with E-state index in [2.05, 4.69) is 46.4 Å². The first-order valence-electron chi connectivity index (χ1n) is 7.01. The molecule has 2 aliphatic heterocycles. The molecule has 0 amide bonds. The summed E-state index contributed by atoms with van der Waals surface area (Å²) in [6.07, 6.45) is 3.97. The van der Waals surface area contributed by atoms with Crippen LogP contribution in [0.4, 0.5) is 0 Å². The monoisotopic (exact) mass is 239 g/mol. The third-order valence-electron chi connectivity index (χ3n) is 4.13. The Kier molecular flexibility index (Phi) is 3.11. The lowest BCUT2D eigenvalue weighted by molar-refractivity contribution is -0.159. The van der Waals surface area contributed by atoms with E-state index in [1.807, 2.05) is 0 Å². The summed E-state index contributed by atoms with van der Waals surface area (Å²) in [5.74, 6) is 0. The molecular formula is C15H29NO.